The lowest BCUT2D eigenvalue weighted by atomic mass is 10.2. The number of rotatable bonds is 5. The van der Waals surface area contributed by atoms with Crippen LogP contribution < -0.4 is 4.90 Å². The molecule has 0 radical (unpaired) electrons. The van der Waals surface area contributed by atoms with E-state index in [1.54, 1.807) is 0 Å². The van der Waals surface area contributed by atoms with E-state index in [4.69, 9.17) is 10.2 Å². The molecule has 0 fully saturated rings. The molecule has 0 aliphatic heterocycles. The molecule has 0 bridgehead atoms. The molecule has 2 aliphatic rings. The monoisotopic (exact) mass is 457 g/mol. The molecule has 172 valence electrons. The number of para-hydroxylation sites is 3. The fourth-order valence-electron chi connectivity index (χ4n) is 5.68. The molecule has 0 N–H and O–H groups in total. The molecule has 0 atom stereocenters. The van der Waals surface area contributed by atoms with E-state index in [-0.39, 0.29) is 0 Å². The molecule has 2 aliphatic carbocycles. The Balaban J connectivity index is 1.46. The Hall–Kier alpha value is -4.12. The highest BCUT2D eigenvalue weighted by Gasteiger charge is 2.33. The molecule has 5 aromatic rings. The zero-order valence-corrected chi connectivity index (χ0v) is 19.6. The van der Waals surface area contributed by atoms with E-state index in [1.165, 1.54) is 22.5 Å². The van der Waals surface area contributed by atoms with E-state index in [2.05, 4.69) is 105 Å². The fraction of sp³-hybridized carbons (Fsp3) is 0.200. The van der Waals surface area contributed by atoms with Crippen LogP contribution in [0.5, 0.6) is 0 Å². The zero-order chi connectivity index (χ0) is 23.2. The van der Waals surface area contributed by atoms with E-state index in [0.717, 1.165) is 67.2 Å². The van der Waals surface area contributed by atoms with Crippen LogP contribution in [0.1, 0.15) is 35.4 Å². The third kappa shape index (κ3) is 3.30. The third-order valence-electron chi connectivity index (χ3n) is 7.26. The highest BCUT2D eigenvalue weighted by Crippen LogP contribution is 2.44. The van der Waals surface area contributed by atoms with Crippen molar-refractivity contribution in [3.63, 3.8) is 0 Å². The molecule has 0 unspecified atom stereocenters. The maximum Gasteiger partial charge on any atom is 0.164 e. The van der Waals surface area contributed by atoms with E-state index >= 15 is 0 Å². The Morgan fingerprint density at radius 1 is 0.514 bits per heavy atom. The van der Waals surface area contributed by atoms with Crippen LogP contribution in [-0.2, 0) is 25.7 Å². The summed E-state index contributed by atoms with van der Waals surface area (Å²) in [7, 11) is 0. The molecule has 2 aromatic heterocycles. The van der Waals surface area contributed by atoms with Gasteiger partial charge in [-0.2, -0.15) is 0 Å². The summed E-state index contributed by atoms with van der Waals surface area (Å²) in [5.74, 6) is 2.03. The summed E-state index contributed by atoms with van der Waals surface area (Å²) in [6, 6.07) is 31.7. The minimum Gasteiger partial charge on any atom is -0.276 e. The van der Waals surface area contributed by atoms with Crippen LogP contribution in [0.2, 0.25) is 0 Å². The molecule has 2 heterocycles. The summed E-state index contributed by atoms with van der Waals surface area (Å²) in [4.78, 5) is 2.31. The van der Waals surface area contributed by atoms with Gasteiger partial charge < -0.3 is 0 Å². The van der Waals surface area contributed by atoms with Crippen molar-refractivity contribution in [1.29, 1.82) is 0 Å². The summed E-state index contributed by atoms with van der Waals surface area (Å²) in [5.41, 5.74) is 8.68. The van der Waals surface area contributed by atoms with Crippen LogP contribution in [-0.4, -0.2) is 19.6 Å². The Kier molecular flexibility index (Phi) is 4.79. The van der Waals surface area contributed by atoms with Gasteiger partial charge in [0.05, 0.1) is 11.4 Å². The summed E-state index contributed by atoms with van der Waals surface area (Å²) in [5, 5.41) is 10.5. The maximum atomic E-state index is 5.26. The predicted octanol–water partition coefficient (Wildman–Crippen LogP) is 6.51. The molecule has 7 rings (SSSR count). The van der Waals surface area contributed by atoms with Crippen LogP contribution in [0.15, 0.2) is 91.0 Å². The summed E-state index contributed by atoms with van der Waals surface area (Å²) in [6.07, 6.45) is 6.51. The van der Waals surface area contributed by atoms with Crippen LogP contribution >= 0.6 is 0 Å². The van der Waals surface area contributed by atoms with Crippen molar-refractivity contribution in [1.82, 2.24) is 19.6 Å². The van der Waals surface area contributed by atoms with Gasteiger partial charge in [0.2, 0.25) is 0 Å². The normalized spacial score (nSPS) is 14.2. The lowest BCUT2D eigenvalue weighted by molar-refractivity contribution is 0.772. The van der Waals surface area contributed by atoms with Gasteiger partial charge in [0.1, 0.15) is 0 Å². The molecule has 0 saturated carbocycles. The van der Waals surface area contributed by atoms with E-state index in [1.807, 2.05) is 0 Å². The smallest absolute Gasteiger partial charge is 0.164 e. The van der Waals surface area contributed by atoms with Gasteiger partial charge in [0.25, 0.3) is 0 Å². The minimum absolute atomic E-state index is 1.01. The quantitative estimate of drug-likeness (QED) is 0.302. The number of nitrogens with zero attached hydrogens (tertiary/aromatic N) is 5. The number of anilines is 3. The number of hydrogen-bond donors (Lipinski definition) is 0. The molecule has 5 heteroatoms. The highest BCUT2D eigenvalue weighted by molar-refractivity contribution is 5.78. The van der Waals surface area contributed by atoms with Crippen molar-refractivity contribution < 1.29 is 0 Å². The van der Waals surface area contributed by atoms with E-state index < -0.39 is 0 Å². The van der Waals surface area contributed by atoms with Crippen molar-refractivity contribution in [3.8, 4) is 11.4 Å². The van der Waals surface area contributed by atoms with Crippen molar-refractivity contribution in [2.45, 2.75) is 38.5 Å². The third-order valence-corrected chi connectivity index (χ3v) is 7.26. The van der Waals surface area contributed by atoms with Gasteiger partial charge in [-0.1, -0.05) is 54.6 Å². The summed E-state index contributed by atoms with van der Waals surface area (Å²) in [6.45, 7) is 0. The second-order valence-electron chi connectivity index (χ2n) is 9.37. The Bertz CT molecular complexity index is 1390. The first-order valence-corrected chi connectivity index (χ1v) is 12.6. The van der Waals surface area contributed by atoms with Crippen LogP contribution in [0, 0.1) is 0 Å². The number of hydrogen-bond acceptors (Lipinski definition) is 3. The van der Waals surface area contributed by atoms with Gasteiger partial charge in [-0.25, -0.2) is 9.36 Å². The van der Waals surface area contributed by atoms with Gasteiger partial charge in [0.15, 0.2) is 11.6 Å². The Morgan fingerprint density at radius 2 is 0.943 bits per heavy atom. The fourth-order valence-corrected chi connectivity index (χ4v) is 5.68. The standard InChI is InChI=1S/C30H27N5/c1-4-12-22(13-5-1)33(29-25-18-10-20-27(25)34(31-29)23-14-6-2-7-15-23)30-26-19-11-21-28(26)35(32-30)24-16-8-3-9-17-24/h1-9,12-17H,10-11,18-21H2. The van der Waals surface area contributed by atoms with E-state index in [0.29, 0.717) is 0 Å². The molecule has 35 heavy (non-hydrogen) atoms. The van der Waals surface area contributed by atoms with Crippen molar-refractivity contribution >= 4 is 17.3 Å². The number of benzene rings is 3. The summed E-state index contributed by atoms with van der Waals surface area (Å²) >= 11 is 0. The second-order valence-corrected chi connectivity index (χ2v) is 9.37. The van der Waals surface area contributed by atoms with Gasteiger partial charge in [-0.3, -0.25) is 4.90 Å². The Morgan fingerprint density at radius 3 is 1.40 bits per heavy atom. The Labute approximate surface area is 205 Å². The van der Waals surface area contributed by atoms with Gasteiger partial charge in [0, 0.05) is 28.2 Å². The molecule has 3 aromatic carbocycles. The first-order chi connectivity index (χ1) is 17.4. The SMILES string of the molecule is c1ccc(N(c2nn(-c3ccccc3)c3c2CCC3)c2nn(-c3ccccc3)c3c2CCC3)cc1. The second kappa shape index (κ2) is 8.27. The van der Waals surface area contributed by atoms with Crippen molar-refractivity contribution in [2.24, 2.45) is 0 Å². The van der Waals surface area contributed by atoms with Gasteiger partial charge >= 0.3 is 0 Å². The van der Waals surface area contributed by atoms with Crippen LogP contribution in [0.3, 0.4) is 0 Å². The van der Waals surface area contributed by atoms with Crippen molar-refractivity contribution in [2.75, 3.05) is 4.90 Å². The maximum absolute atomic E-state index is 5.26. The molecule has 0 saturated heterocycles. The van der Waals surface area contributed by atoms with Gasteiger partial charge in [-0.15, -0.1) is 10.2 Å². The molecular weight excluding hydrogens is 430 g/mol. The van der Waals surface area contributed by atoms with Crippen LogP contribution in [0.4, 0.5) is 17.3 Å². The minimum atomic E-state index is 1.01. The molecule has 5 nitrogen and oxygen atoms in total. The topological polar surface area (TPSA) is 38.9 Å². The summed E-state index contributed by atoms with van der Waals surface area (Å²) < 4.78 is 4.31. The number of aromatic nitrogens is 4. The number of fused-ring (bicyclic) bond motifs is 2. The highest BCUT2D eigenvalue weighted by atomic mass is 15.4. The zero-order valence-electron chi connectivity index (χ0n) is 19.6. The largest absolute Gasteiger partial charge is 0.276 e. The first kappa shape index (κ1) is 20.3. The van der Waals surface area contributed by atoms with Gasteiger partial charge in [-0.05, 0) is 74.9 Å². The predicted molar refractivity (Wildman–Crippen MR) is 139 cm³/mol. The molecular formula is C30H27N5. The average molecular weight is 458 g/mol. The molecule has 0 amide bonds. The molecule has 0 spiro atoms. The van der Waals surface area contributed by atoms with E-state index in [9.17, 15) is 0 Å². The van der Waals surface area contributed by atoms with Crippen molar-refractivity contribution in [3.05, 3.63) is 114 Å². The lowest BCUT2D eigenvalue weighted by Gasteiger charge is -2.22. The van der Waals surface area contributed by atoms with Crippen LogP contribution in [0.25, 0.3) is 11.4 Å². The average Bonchev–Trinajstić information content (AvgIpc) is 3.70. The lowest BCUT2D eigenvalue weighted by Crippen LogP contribution is -2.15. The first-order valence-electron chi connectivity index (χ1n) is 12.6.